The highest BCUT2D eigenvalue weighted by atomic mass is 16.5. The van der Waals surface area contributed by atoms with Gasteiger partial charge in [-0.05, 0) is 53.1 Å². The number of hydrogen-bond acceptors (Lipinski definition) is 7. The first-order chi connectivity index (χ1) is 19.6. The van der Waals surface area contributed by atoms with Crippen molar-refractivity contribution in [2.45, 2.75) is 25.2 Å². The van der Waals surface area contributed by atoms with Crippen LogP contribution in [0.1, 0.15) is 50.5 Å². The molecule has 0 saturated heterocycles. The van der Waals surface area contributed by atoms with Gasteiger partial charge in [-0.15, -0.1) is 0 Å². The fraction of sp³-hybridized carbons (Fsp3) is 0.182. The molecule has 40 heavy (non-hydrogen) atoms. The van der Waals surface area contributed by atoms with Crippen molar-refractivity contribution in [3.8, 4) is 23.0 Å². The van der Waals surface area contributed by atoms with Crippen LogP contribution in [0.15, 0.2) is 84.9 Å². The molecule has 7 heteroatoms. The van der Waals surface area contributed by atoms with Crippen LogP contribution in [0.25, 0.3) is 6.08 Å². The Balaban J connectivity index is 1.19. The Bertz CT molecular complexity index is 1680. The first kappa shape index (κ1) is 24.2. The number of hydrogen-bond donors (Lipinski definition) is 0. The van der Waals surface area contributed by atoms with E-state index < -0.39 is 5.92 Å². The maximum Gasteiger partial charge on any atom is 0.312 e. The second kappa shape index (κ2) is 10.0. The number of esters is 1. The predicted molar refractivity (Wildman–Crippen MR) is 147 cm³/mol. The van der Waals surface area contributed by atoms with Gasteiger partial charge >= 0.3 is 5.97 Å². The van der Waals surface area contributed by atoms with Gasteiger partial charge in [0.2, 0.25) is 5.78 Å². The van der Waals surface area contributed by atoms with Crippen molar-refractivity contribution in [3.05, 3.63) is 118 Å². The number of carbonyl (C=O) groups excluding carboxylic acids is 2. The lowest BCUT2D eigenvalue weighted by molar-refractivity contribution is -0.135. The number of nitrogens with zero attached hydrogens (tertiary/aromatic N) is 1. The number of allylic oxidation sites excluding steroid dienone is 1. The number of Topliss-reactive ketones (excluding diaryl/α,β-unsaturated/α-hetero) is 1. The van der Waals surface area contributed by atoms with E-state index in [1.165, 1.54) is 11.1 Å². The van der Waals surface area contributed by atoms with Crippen LogP contribution in [0.4, 0.5) is 0 Å². The number of fused-ring (bicyclic) bond motifs is 4. The minimum Gasteiger partial charge on any atom is -0.493 e. The molecule has 0 saturated carbocycles. The average Bonchev–Trinajstić information content (AvgIpc) is 3.57. The molecule has 7 rings (SSSR count). The van der Waals surface area contributed by atoms with Gasteiger partial charge in [-0.2, -0.15) is 0 Å². The summed E-state index contributed by atoms with van der Waals surface area (Å²) in [6.45, 7) is 1.20. The molecule has 0 amide bonds. The maximum absolute atomic E-state index is 13.3. The van der Waals surface area contributed by atoms with Gasteiger partial charge in [-0.3, -0.25) is 14.6 Å². The van der Waals surface area contributed by atoms with Gasteiger partial charge in [-0.1, -0.05) is 36.4 Å². The summed E-state index contributed by atoms with van der Waals surface area (Å²) >= 11 is 0. The molecule has 0 aliphatic carbocycles. The summed E-state index contributed by atoms with van der Waals surface area (Å²) in [5.74, 6) is 1.71. The van der Waals surface area contributed by atoms with Crippen molar-refractivity contribution >= 4 is 17.8 Å². The van der Waals surface area contributed by atoms with Crippen molar-refractivity contribution in [2.75, 3.05) is 13.2 Å². The Morgan fingerprint density at radius 2 is 1.88 bits per heavy atom. The summed E-state index contributed by atoms with van der Waals surface area (Å²) in [5.41, 5.74) is 5.13. The van der Waals surface area contributed by atoms with Crippen molar-refractivity contribution in [2.24, 2.45) is 0 Å². The molecule has 4 heterocycles. The third kappa shape index (κ3) is 4.39. The van der Waals surface area contributed by atoms with Crippen LogP contribution in [0.5, 0.6) is 23.0 Å². The largest absolute Gasteiger partial charge is 0.493 e. The molecule has 0 radical (unpaired) electrons. The normalized spacial score (nSPS) is 17.9. The van der Waals surface area contributed by atoms with E-state index in [0.717, 1.165) is 36.3 Å². The summed E-state index contributed by atoms with van der Waals surface area (Å²) < 4.78 is 23.7. The first-order valence-corrected chi connectivity index (χ1v) is 13.3. The fourth-order valence-electron chi connectivity index (χ4n) is 5.56. The molecule has 0 fully saturated rings. The van der Waals surface area contributed by atoms with E-state index >= 15 is 0 Å². The van der Waals surface area contributed by atoms with Crippen LogP contribution in [0, 0.1) is 0 Å². The SMILES string of the molecule is O=C1CC(c2ccccc2OCCc2ccc3c(c2)CCO3)c2c(ccc3c2O/C(=C\c2cccnc2)C3=O)O1. The van der Waals surface area contributed by atoms with Crippen molar-refractivity contribution < 1.29 is 28.5 Å². The molecule has 3 aliphatic heterocycles. The number of ether oxygens (including phenoxy) is 4. The lowest BCUT2D eigenvalue weighted by Gasteiger charge is -2.27. The van der Waals surface area contributed by atoms with E-state index in [0.29, 0.717) is 35.0 Å². The number of para-hydroxylation sites is 1. The van der Waals surface area contributed by atoms with Gasteiger partial charge in [0.1, 0.15) is 23.0 Å². The van der Waals surface area contributed by atoms with Crippen molar-refractivity contribution in [1.82, 2.24) is 4.98 Å². The second-order valence-electron chi connectivity index (χ2n) is 9.99. The van der Waals surface area contributed by atoms with Crippen LogP contribution in [-0.2, 0) is 17.6 Å². The van der Waals surface area contributed by atoms with Crippen LogP contribution >= 0.6 is 0 Å². The zero-order chi connectivity index (χ0) is 27.1. The van der Waals surface area contributed by atoms with Gasteiger partial charge in [0.25, 0.3) is 0 Å². The Morgan fingerprint density at radius 3 is 2.77 bits per heavy atom. The molecule has 7 nitrogen and oxygen atoms in total. The Labute approximate surface area is 231 Å². The Hall–Kier alpha value is -4.91. The summed E-state index contributed by atoms with van der Waals surface area (Å²) in [4.78, 5) is 30.0. The lowest BCUT2D eigenvalue weighted by Crippen LogP contribution is -2.22. The molecule has 4 aromatic rings. The third-order valence-corrected chi connectivity index (χ3v) is 7.46. The molecule has 1 unspecified atom stereocenters. The molecule has 1 aromatic heterocycles. The number of rotatable bonds is 6. The van der Waals surface area contributed by atoms with Gasteiger partial charge < -0.3 is 18.9 Å². The summed E-state index contributed by atoms with van der Waals surface area (Å²) in [7, 11) is 0. The summed E-state index contributed by atoms with van der Waals surface area (Å²) in [6.07, 6.45) is 6.78. The van der Waals surface area contributed by atoms with E-state index in [1.807, 2.05) is 36.4 Å². The van der Waals surface area contributed by atoms with Gasteiger partial charge in [0.05, 0.1) is 25.2 Å². The number of benzene rings is 3. The van der Waals surface area contributed by atoms with Crippen molar-refractivity contribution in [1.29, 1.82) is 0 Å². The molecule has 3 aliphatic rings. The number of pyridine rings is 1. The van der Waals surface area contributed by atoms with E-state index in [4.69, 9.17) is 18.9 Å². The number of carbonyl (C=O) groups is 2. The predicted octanol–water partition coefficient (Wildman–Crippen LogP) is 5.70. The highest BCUT2D eigenvalue weighted by molar-refractivity contribution is 6.15. The zero-order valence-electron chi connectivity index (χ0n) is 21.6. The second-order valence-corrected chi connectivity index (χ2v) is 9.99. The molecule has 0 spiro atoms. The first-order valence-electron chi connectivity index (χ1n) is 13.3. The molecular weight excluding hydrogens is 506 g/mol. The fourth-order valence-corrected chi connectivity index (χ4v) is 5.56. The van der Waals surface area contributed by atoms with Crippen LogP contribution in [0.3, 0.4) is 0 Å². The number of ketones is 1. The van der Waals surface area contributed by atoms with Crippen LogP contribution in [-0.4, -0.2) is 30.0 Å². The summed E-state index contributed by atoms with van der Waals surface area (Å²) in [5, 5.41) is 0. The molecular formula is C33H25NO6. The lowest BCUT2D eigenvalue weighted by atomic mass is 9.84. The smallest absolute Gasteiger partial charge is 0.312 e. The van der Waals surface area contributed by atoms with E-state index in [1.54, 1.807) is 36.7 Å². The van der Waals surface area contributed by atoms with Crippen LogP contribution < -0.4 is 18.9 Å². The highest BCUT2D eigenvalue weighted by Crippen LogP contribution is 2.50. The van der Waals surface area contributed by atoms with Gasteiger partial charge in [-0.25, -0.2) is 0 Å². The molecule has 198 valence electrons. The molecule has 3 aromatic carbocycles. The molecule has 1 atom stereocenters. The van der Waals surface area contributed by atoms with E-state index in [2.05, 4.69) is 17.1 Å². The average molecular weight is 532 g/mol. The minimum absolute atomic E-state index is 0.105. The van der Waals surface area contributed by atoms with E-state index in [-0.39, 0.29) is 23.9 Å². The third-order valence-electron chi connectivity index (χ3n) is 7.46. The topological polar surface area (TPSA) is 84.0 Å². The number of aromatic nitrogens is 1. The van der Waals surface area contributed by atoms with Gasteiger partial charge in [0.15, 0.2) is 5.76 Å². The summed E-state index contributed by atoms with van der Waals surface area (Å²) in [6, 6.07) is 21.0. The standard InChI is InChI=1S/C33H25NO6/c35-30-18-25(23-5-1-2-6-27(23)38-14-11-20-7-9-26-22(16-20)12-15-37-26)31-28(39-30)10-8-24-32(36)29(40-33(24)31)17-21-4-3-13-34-19-21/h1-10,13,16-17,19,25H,11-12,14-15,18H2/b29-17-. The molecule has 0 N–H and O–H groups in total. The zero-order valence-corrected chi connectivity index (χ0v) is 21.6. The molecule has 0 bridgehead atoms. The maximum atomic E-state index is 13.3. The minimum atomic E-state index is -0.398. The monoisotopic (exact) mass is 531 g/mol. The Kier molecular flexibility index (Phi) is 6.04. The van der Waals surface area contributed by atoms with E-state index in [9.17, 15) is 9.59 Å². The highest BCUT2D eigenvalue weighted by Gasteiger charge is 2.39. The Morgan fingerprint density at radius 1 is 0.975 bits per heavy atom. The van der Waals surface area contributed by atoms with Crippen molar-refractivity contribution in [3.63, 3.8) is 0 Å². The van der Waals surface area contributed by atoms with Crippen LogP contribution in [0.2, 0.25) is 0 Å². The quantitative estimate of drug-likeness (QED) is 0.179. The van der Waals surface area contributed by atoms with Gasteiger partial charge in [0, 0.05) is 42.3 Å².